The fourth-order valence-electron chi connectivity index (χ4n) is 11.4. The van der Waals surface area contributed by atoms with Crippen molar-refractivity contribution in [2.24, 2.45) is 11.3 Å². The SMILES string of the molecule is CCc1ccc(N(c2ccc3ccccc3c2)c2cc3c4c5c2ccc2c(C)cc(N(C6=CCC(CC)C=C6)C6C=Cc7ccccc7C6)c(c25)CC4C(C)(C)CC3)cc1. The zero-order chi connectivity index (χ0) is 40.7. The van der Waals surface area contributed by atoms with Crippen LogP contribution in [-0.4, -0.2) is 6.04 Å². The van der Waals surface area contributed by atoms with Gasteiger partial charge in [-0.15, -0.1) is 0 Å². The number of aryl methyl sites for hydroxylation is 3. The summed E-state index contributed by atoms with van der Waals surface area (Å²) in [4.78, 5) is 5.31. The Morgan fingerprint density at radius 2 is 1.47 bits per heavy atom. The lowest BCUT2D eigenvalue weighted by Gasteiger charge is -2.46. The number of rotatable bonds is 8. The standard InChI is InChI=1S/C58H56N2/c1-6-38-16-22-45(23-17-38)59(47-26-20-40-12-8-10-14-42(40)33-47)53-32-37(3)49-28-29-50-54(35-44-30-31-58(4,5)52-36-51(53)56(49)57(50)55(44)52)60(46-24-18-39(7-2)19-25-46)48-27-21-41-13-9-11-15-43(41)34-48/h8-16,18-29,32,34-35,38,47,52H,6-7,17,30-31,33,36H2,1-5H3. The summed E-state index contributed by atoms with van der Waals surface area (Å²) in [6, 6.07) is 44.4. The van der Waals surface area contributed by atoms with Crippen molar-refractivity contribution in [1.29, 1.82) is 0 Å². The Balaban J connectivity index is 1.20. The molecular formula is C58H56N2. The molecule has 3 unspecified atom stereocenters. The topological polar surface area (TPSA) is 6.48 Å². The van der Waals surface area contributed by atoms with Crippen molar-refractivity contribution in [3.63, 3.8) is 0 Å². The van der Waals surface area contributed by atoms with Gasteiger partial charge in [0.1, 0.15) is 0 Å². The molecule has 0 aliphatic heterocycles. The smallest absolute Gasteiger partial charge is 0.0566 e. The van der Waals surface area contributed by atoms with E-state index in [0.717, 1.165) is 32.1 Å². The fourth-order valence-corrected chi connectivity index (χ4v) is 11.4. The summed E-state index contributed by atoms with van der Waals surface area (Å²) in [6.07, 6.45) is 19.9. The third-order valence-electron chi connectivity index (χ3n) is 14.9. The Hall–Kier alpha value is -5.86. The number of nitrogens with zero attached hydrogens (tertiary/aromatic N) is 2. The second kappa shape index (κ2) is 14.4. The van der Waals surface area contributed by atoms with E-state index in [1.54, 1.807) is 5.56 Å². The Morgan fingerprint density at radius 1 is 0.683 bits per heavy atom. The van der Waals surface area contributed by atoms with E-state index < -0.39 is 0 Å². The van der Waals surface area contributed by atoms with E-state index in [4.69, 9.17) is 0 Å². The molecule has 2 nitrogen and oxygen atoms in total. The number of hydrogen-bond acceptors (Lipinski definition) is 2. The van der Waals surface area contributed by atoms with Crippen molar-refractivity contribution in [1.82, 2.24) is 0 Å². The van der Waals surface area contributed by atoms with Crippen LogP contribution in [0.25, 0.3) is 38.4 Å². The Labute approximate surface area is 356 Å². The third kappa shape index (κ3) is 5.97. The van der Waals surface area contributed by atoms with Crippen molar-refractivity contribution < 1.29 is 0 Å². The molecule has 0 amide bonds. The molecule has 0 saturated carbocycles. The molecule has 0 fully saturated rings. The Morgan fingerprint density at radius 3 is 2.27 bits per heavy atom. The van der Waals surface area contributed by atoms with Crippen LogP contribution in [0.1, 0.15) is 91.8 Å². The second-order valence-corrected chi connectivity index (χ2v) is 18.8. The maximum atomic E-state index is 2.75. The fraction of sp³-hybridized carbons (Fsp3) is 0.276. The molecule has 4 aliphatic carbocycles. The Kier molecular flexibility index (Phi) is 8.92. The van der Waals surface area contributed by atoms with Gasteiger partial charge < -0.3 is 9.80 Å². The number of benzene rings is 7. The normalized spacial score (nSPS) is 19.8. The quantitative estimate of drug-likeness (QED) is 0.142. The van der Waals surface area contributed by atoms with E-state index in [-0.39, 0.29) is 11.5 Å². The van der Waals surface area contributed by atoms with Crippen LogP contribution < -0.4 is 9.80 Å². The van der Waals surface area contributed by atoms with Crippen LogP contribution in [0.15, 0.2) is 145 Å². The van der Waals surface area contributed by atoms with Crippen molar-refractivity contribution in [2.75, 3.05) is 9.80 Å². The molecule has 298 valence electrons. The number of anilines is 4. The molecule has 0 radical (unpaired) electrons. The van der Waals surface area contributed by atoms with Gasteiger partial charge in [0.05, 0.1) is 11.7 Å². The van der Waals surface area contributed by atoms with Crippen molar-refractivity contribution in [3.05, 3.63) is 184 Å². The largest absolute Gasteiger partial charge is 0.334 e. The van der Waals surface area contributed by atoms with Crippen molar-refractivity contribution in [2.45, 2.75) is 91.5 Å². The maximum Gasteiger partial charge on any atom is 0.0566 e. The summed E-state index contributed by atoms with van der Waals surface area (Å²) in [7, 11) is 0. The molecule has 0 heterocycles. The highest BCUT2D eigenvalue weighted by atomic mass is 15.2. The van der Waals surface area contributed by atoms with Gasteiger partial charge in [-0.1, -0.05) is 131 Å². The average molecular weight is 781 g/mol. The molecule has 0 N–H and O–H groups in total. The molecule has 0 spiro atoms. The van der Waals surface area contributed by atoms with Crippen LogP contribution in [-0.2, 0) is 25.7 Å². The highest BCUT2D eigenvalue weighted by molar-refractivity contribution is 6.19. The number of fused-ring (bicyclic) bond motifs is 2. The molecule has 2 heteroatoms. The molecule has 60 heavy (non-hydrogen) atoms. The van der Waals surface area contributed by atoms with Gasteiger partial charge in [-0.25, -0.2) is 0 Å². The van der Waals surface area contributed by atoms with Gasteiger partial charge in [0.15, 0.2) is 0 Å². The predicted octanol–water partition coefficient (Wildman–Crippen LogP) is 15.4. The molecular weight excluding hydrogens is 725 g/mol. The third-order valence-corrected chi connectivity index (χ3v) is 14.9. The maximum absolute atomic E-state index is 2.75. The summed E-state index contributed by atoms with van der Waals surface area (Å²) in [6.45, 7) is 12.0. The van der Waals surface area contributed by atoms with Crippen LogP contribution in [0.4, 0.5) is 22.7 Å². The summed E-state index contributed by atoms with van der Waals surface area (Å²) >= 11 is 0. The monoisotopic (exact) mass is 780 g/mol. The molecule has 0 saturated heterocycles. The highest BCUT2D eigenvalue weighted by Gasteiger charge is 2.42. The van der Waals surface area contributed by atoms with Gasteiger partial charge >= 0.3 is 0 Å². The van der Waals surface area contributed by atoms with E-state index in [9.17, 15) is 0 Å². The van der Waals surface area contributed by atoms with Crippen LogP contribution in [0.3, 0.4) is 0 Å². The second-order valence-electron chi connectivity index (χ2n) is 18.8. The van der Waals surface area contributed by atoms with E-state index in [1.807, 2.05) is 0 Å². The molecule has 4 aliphatic rings. The molecule has 3 atom stereocenters. The number of hydrogen-bond donors (Lipinski definition) is 0. The molecule has 0 aromatic heterocycles. The van der Waals surface area contributed by atoms with Crippen molar-refractivity contribution in [3.8, 4) is 0 Å². The van der Waals surface area contributed by atoms with E-state index >= 15 is 0 Å². The molecule has 7 aromatic rings. The van der Waals surface area contributed by atoms with E-state index in [1.165, 1.54) is 107 Å². The van der Waals surface area contributed by atoms with E-state index in [2.05, 4.69) is 190 Å². The molecule has 0 bridgehead atoms. The van der Waals surface area contributed by atoms with Gasteiger partial charge in [-0.05, 0) is 177 Å². The van der Waals surface area contributed by atoms with Crippen molar-refractivity contribution >= 4 is 61.1 Å². The summed E-state index contributed by atoms with van der Waals surface area (Å²) in [5.41, 5.74) is 16.8. The summed E-state index contributed by atoms with van der Waals surface area (Å²) in [5, 5.41) is 8.25. The average Bonchev–Trinajstić information content (AvgIpc) is 3.29. The van der Waals surface area contributed by atoms with Gasteiger partial charge in [0.2, 0.25) is 0 Å². The predicted molar refractivity (Wildman–Crippen MR) is 257 cm³/mol. The summed E-state index contributed by atoms with van der Waals surface area (Å²) < 4.78 is 0. The molecule has 7 aromatic carbocycles. The lowest BCUT2D eigenvalue weighted by molar-refractivity contribution is 0.244. The zero-order valence-corrected chi connectivity index (χ0v) is 35.9. The van der Waals surface area contributed by atoms with Crippen LogP contribution in [0.5, 0.6) is 0 Å². The first-order valence-corrected chi connectivity index (χ1v) is 22.7. The zero-order valence-electron chi connectivity index (χ0n) is 35.9. The highest BCUT2D eigenvalue weighted by Crippen LogP contribution is 2.58. The van der Waals surface area contributed by atoms with Gasteiger partial charge in [-0.3, -0.25) is 0 Å². The lowest BCUT2D eigenvalue weighted by atomic mass is 9.60. The first-order valence-electron chi connectivity index (χ1n) is 22.7. The minimum atomic E-state index is 0.171. The minimum Gasteiger partial charge on any atom is -0.334 e. The lowest BCUT2D eigenvalue weighted by Crippen LogP contribution is -2.38. The first-order chi connectivity index (χ1) is 29.3. The van der Waals surface area contributed by atoms with Crippen LogP contribution in [0, 0.1) is 18.3 Å². The van der Waals surface area contributed by atoms with Gasteiger partial charge in [0, 0.05) is 28.1 Å². The first kappa shape index (κ1) is 37.2. The van der Waals surface area contributed by atoms with Gasteiger partial charge in [-0.2, -0.15) is 0 Å². The van der Waals surface area contributed by atoms with Crippen LogP contribution >= 0.6 is 0 Å². The van der Waals surface area contributed by atoms with Crippen LogP contribution in [0.2, 0.25) is 0 Å². The number of allylic oxidation sites excluding steroid dienone is 3. The molecule has 11 rings (SSSR count). The Bertz CT molecular complexity index is 2940. The van der Waals surface area contributed by atoms with Gasteiger partial charge in [0.25, 0.3) is 0 Å². The summed E-state index contributed by atoms with van der Waals surface area (Å²) in [5.74, 6) is 1.03. The van der Waals surface area contributed by atoms with E-state index in [0.29, 0.717) is 11.8 Å². The minimum absolute atomic E-state index is 0.171.